The summed E-state index contributed by atoms with van der Waals surface area (Å²) in [6.07, 6.45) is 0. The predicted molar refractivity (Wildman–Crippen MR) is 72.0 cm³/mol. The van der Waals surface area contributed by atoms with Gasteiger partial charge in [0.15, 0.2) is 11.6 Å². The first-order valence-corrected chi connectivity index (χ1v) is 6.09. The van der Waals surface area contributed by atoms with Gasteiger partial charge in [0, 0.05) is 6.04 Å². The van der Waals surface area contributed by atoms with Gasteiger partial charge in [0.05, 0.1) is 12.7 Å². The molecule has 0 aromatic heterocycles. The molecule has 106 valence electrons. The average Bonchev–Trinajstić information content (AvgIpc) is 2.43. The highest BCUT2D eigenvalue weighted by atomic mass is 19.2. The summed E-state index contributed by atoms with van der Waals surface area (Å²) in [5.41, 5.74) is 6.48. The first-order valence-electron chi connectivity index (χ1n) is 6.09. The molecule has 2 aromatic rings. The molecule has 0 aliphatic carbocycles. The fourth-order valence-corrected chi connectivity index (χ4v) is 1.92. The van der Waals surface area contributed by atoms with E-state index < -0.39 is 11.6 Å². The molecule has 0 aliphatic rings. The molecule has 2 N–H and O–H groups in total. The summed E-state index contributed by atoms with van der Waals surface area (Å²) in [7, 11) is 1.51. The van der Waals surface area contributed by atoms with Gasteiger partial charge < -0.3 is 15.2 Å². The molecule has 3 nitrogen and oxygen atoms in total. The van der Waals surface area contributed by atoms with E-state index in [1.54, 1.807) is 25.1 Å². The molecular weight excluding hydrogens is 264 g/mol. The smallest absolute Gasteiger partial charge is 0.201 e. The summed E-state index contributed by atoms with van der Waals surface area (Å²) >= 11 is 0. The largest absolute Gasteiger partial charge is 0.496 e. The van der Waals surface area contributed by atoms with E-state index in [9.17, 15) is 8.78 Å². The summed E-state index contributed by atoms with van der Waals surface area (Å²) in [6, 6.07) is 8.43. The number of methoxy groups -OCH3 is 1. The maximum Gasteiger partial charge on any atom is 0.201 e. The molecule has 0 amide bonds. The second-order valence-electron chi connectivity index (χ2n) is 4.31. The van der Waals surface area contributed by atoms with Crippen molar-refractivity contribution in [3.63, 3.8) is 0 Å². The van der Waals surface area contributed by atoms with Gasteiger partial charge in [-0.1, -0.05) is 12.1 Å². The molecule has 20 heavy (non-hydrogen) atoms. The quantitative estimate of drug-likeness (QED) is 0.926. The summed E-state index contributed by atoms with van der Waals surface area (Å²) in [5, 5.41) is 0. The lowest BCUT2D eigenvalue weighted by Gasteiger charge is -2.17. The van der Waals surface area contributed by atoms with Crippen LogP contribution >= 0.6 is 0 Å². The van der Waals surface area contributed by atoms with Gasteiger partial charge in [0.1, 0.15) is 11.5 Å². The standard InChI is InChI=1S/C15H15F2NO2/c1-9(18)14-11(19-2)6-4-7-12(14)20-13-8-3-5-10(16)15(13)17/h3-9H,18H2,1-2H3. The molecule has 2 aromatic carbocycles. The van der Waals surface area contributed by atoms with Crippen molar-refractivity contribution in [2.45, 2.75) is 13.0 Å². The van der Waals surface area contributed by atoms with Crippen molar-refractivity contribution >= 4 is 0 Å². The van der Waals surface area contributed by atoms with Crippen molar-refractivity contribution in [1.29, 1.82) is 0 Å². The van der Waals surface area contributed by atoms with Crippen LogP contribution in [-0.2, 0) is 0 Å². The fraction of sp³-hybridized carbons (Fsp3) is 0.200. The Bertz CT molecular complexity index is 615. The first-order chi connectivity index (χ1) is 9.54. The molecule has 5 heteroatoms. The minimum atomic E-state index is -1.04. The van der Waals surface area contributed by atoms with Crippen molar-refractivity contribution in [2.24, 2.45) is 5.73 Å². The first kappa shape index (κ1) is 14.3. The van der Waals surface area contributed by atoms with Crippen molar-refractivity contribution in [2.75, 3.05) is 7.11 Å². The molecule has 0 bridgehead atoms. The van der Waals surface area contributed by atoms with Gasteiger partial charge >= 0.3 is 0 Å². The monoisotopic (exact) mass is 279 g/mol. The van der Waals surface area contributed by atoms with Crippen LogP contribution in [0.15, 0.2) is 36.4 Å². The Kier molecular flexibility index (Phi) is 4.20. The number of hydrogen-bond donors (Lipinski definition) is 1. The average molecular weight is 279 g/mol. The molecule has 2 rings (SSSR count). The zero-order valence-electron chi connectivity index (χ0n) is 11.2. The van der Waals surface area contributed by atoms with E-state index in [0.29, 0.717) is 17.1 Å². The lowest BCUT2D eigenvalue weighted by molar-refractivity contribution is 0.387. The maximum atomic E-state index is 13.6. The summed E-state index contributed by atoms with van der Waals surface area (Å²) in [5.74, 6) is -1.32. The van der Waals surface area contributed by atoms with Gasteiger partial charge in [-0.3, -0.25) is 0 Å². The van der Waals surface area contributed by atoms with Crippen molar-refractivity contribution in [3.05, 3.63) is 53.6 Å². The highest BCUT2D eigenvalue weighted by molar-refractivity contribution is 5.48. The van der Waals surface area contributed by atoms with Crippen LogP contribution in [0.1, 0.15) is 18.5 Å². The predicted octanol–water partition coefficient (Wildman–Crippen LogP) is 3.79. The van der Waals surface area contributed by atoms with Gasteiger partial charge in [-0.2, -0.15) is 4.39 Å². The SMILES string of the molecule is COc1cccc(Oc2cccc(F)c2F)c1C(C)N. The van der Waals surface area contributed by atoms with E-state index in [2.05, 4.69) is 0 Å². The van der Waals surface area contributed by atoms with Gasteiger partial charge in [-0.15, -0.1) is 0 Å². The zero-order valence-corrected chi connectivity index (χ0v) is 11.2. The molecule has 0 aliphatic heterocycles. The van der Waals surface area contributed by atoms with Crippen LogP contribution in [0.25, 0.3) is 0 Å². The van der Waals surface area contributed by atoms with Crippen LogP contribution in [-0.4, -0.2) is 7.11 Å². The summed E-state index contributed by atoms with van der Waals surface area (Å²) in [4.78, 5) is 0. The van der Waals surface area contributed by atoms with E-state index in [0.717, 1.165) is 6.07 Å². The second kappa shape index (κ2) is 5.88. The van der Waals surface area contributed by atoms with Crippen LogP contribution in [0.2, 0.25) is 0 Å². The van der Waals surface area contributed by atoms with Gasteiger partial charge in [-0.05, 0) is 31.2 Å². The normalized spacial score (nSPS) is 12.1. The summed E-state index contributed by atoms with van der Waals surface area (Å²) < 4.78 is 37.5. The van der Waals surface area contributed by atoms with E-state index in [1.165, 1.54) is 19.2 Å². The Morgan fingerprint density at radius 1 is 1.00 bits per heavy atom. The highest BCUT2D eigenvalue weighted by Crippen LogP contribution is 2.36. The summed E-state index contributed by atoms with van der Waals surface area (Å²) in [6.45, 7) is 1.76. The Morgan fingerprint density at radius 2 is 1.60 bits per heavy atom. The minimum absolute atomic E-state index is 0.194. The van der Waals surface area contributed by atoms with Crippen molar-refractivity contribution in [3.8, 4) is 17.2 Å². The van der Waals surface area contributed by atoms with Crippen LogP contribution in [0.5, 0.6) is 17.2 Å². The Hall–Kier alpha value is -2.14. The highest BCUT2D eigenvalue weighted by Gasteiger charge is 2.17. The van der Waals surface area contributed by atoms with Gasteiger partial charge in [-0.25, -0.2) is 4.39 Å². The Labute approximate surface area is 115 Å². The molecule has 0 fully saturated rings. The maximum absolute atomic E-state index is 13.6. The fourth-order valence-electron chi connectivity index (χ4n) is 1.92. The van der Waals surface area contributed by atoms with E-state index >= 15 is 0 Å². The molecule has 0 saturated carbocycles. The number of benzene rings is 2. The number of halogens is 2. The molecule has 1 atom stereocenters. The Balaban J connectivity index is 2.46. The number of nitrogens with two attached hydrogens (primary N) is 1. The van der Waals surface area contributed by atoms with Gasteiger partial charge in [0.2, 0.25) is 5.82 Å². The lowest BCUT2D eigenvalue weighted by atomic mass is 10.1. The molecule has 0 saturated heterocycles. The molecule has 0 spiro atoms. The third-order valence-electron chi connectivity index (χ3n) is 2.84. The lowest BCUT2D eigenvalue weighted by Crippen LogP contribution is -2.09. The van der Waals surface area contributed by atoms with Crippen LogP contribution in [0.3, 0.4) is 0 Å². The van der Waals surface area contributed by atoms with E-state index in [1.807, 2.05) is 0 Å². The number of rotatable bonds is 4. The van der Waals surface area contributed by atoms with Crippen LogP contribution in [0.4, 0.5) is 8.78 Å². The number of hydrogen-bond acceptors (Lipinski definition) is 3. The molecule has 0 heterocycles. The third kappa shape index (κ3) is 2.72. The number of ether oxygens (including phenoxy) is 2. The zero-order chi connectivity index (χ0) is 14.7. The second-order valence-corrected chi connectivity index (χ2v) is 4.31. The van der Waals surface area contributed by atoms with Crippen molar-refractivity contribution in [1.82, 2.24) is 0 Å². The topological polar surface area (TPSA) is 44.5 Å². The third-order valence-corrected chi connectivity index (χ3v) is 2.84. The van der Waals surface area contributed by atoms with E-state index in [-0.39, 0.29) is 11.8 Å². The minimum Gasteiger partial charge on any atom is -0.496 e. The molecule has 1 unspecified atom stereocenters. The van der Waals surface area contributed by atoms with Crippen LogP contribution in [0, 0.1) is 11.6 Å². The molecule has 0 radical (unpaired) electrons. The van der Waals surface area contributed by atoms with Crippen molar-refractivity contribution < 1.29 is 18.3 Å². The Morgan fingerprint density at radius 3 is 2.25 bits per heavy atom. The van der Waals surface area contributed by atoms with Gasteiger partial charge in [0.25, 0.3) is 0 Å². The van der Waals surface area contributed by atoms with Crippen LogP contribution < -0.4 is 15.2 Å². The molecular formula is C15H15F2NO2. The van der Waals surface area contributed by atoms with E-state index in [4.69, 9.17) is 15.2 Å².